The van der Waals surface area contributed by atoms with Crippen LogP contribution >= 0.6 is 35.7 Å². The Kier molecular flexibility index (Phi) is 7.61. The lowest BCUT2D eigenvalue weighted by Gasteiger charge is -2.20. The van der Waals surface area contributed by atoms with Crippen LogP contribution < -0.4 is 0 Å². The van der Waals surface area contributed by atoms with Gasteiger partial charge in [0.2, 0.25) is 0 Å². The number of phosphoric ester groups is 1. The number of benzene rings is 1. The molecule has 1 aromatic heterocycles. The van der Waals surface area contributed by atoms with E-state index in [1.165, 1.54) is 0 Å². The van der Waals surface area contributed by atoms with Crippen LogP contribution in [-0.2, 0) is 31.6 Å². The molecule has 32 heavy (non-hydrogen) atoms. The molecule has 0 spiro atoms. The molecule has 1 fully saturated rings. The van der Waals surface area contributed by atoms with E-state index >= 15 is 0 Å². The molecule has 0 bridgehead atoms. The number of pyridine rings is 1. The Morgan fingerprint density at radius 2 is 1.81 bits per heavy atom. The third kappa shape index (κ3) is 6.62. The number of fused-ring (bicyclic) bond motifs is 1. The summed E-state index contributed by atoms with van der Waals surface area (Å²) < 4.78 is 53.4. The van der Waals surface area contributed by atoms with Gasteiger partial charge in [0, 0.05) is 18.0 Å². The number of ether oxygens (including phenoxy) is 1. The second kappa shape index (κ2) is 9.44. The summed E-state index contributed by atoms with van der Waals surface area (Å²) in [5.41, 5.74) is 1.06. The van der Waals surface area contributed by atoms with Crippen molar-refractivity contribution >= 4 is 46.5 Å². The van der Waals surface area contributed by atoms with E-state index in [0.717, 1.165) is 16.3 Å². The molecule has 178 valence electrons. The van der Waals surface area contributed by atoms with E-state index < -0.39 is 48.5 Å². The molecular formula is C15H20NO12P3S. The second-order valence-electron chi connectivity index (χ2n) is 6.94. The first kappa shape index (κ1) is 25.8. The van der Waals surface area contributed by atoms with Gasteiger partial charge in [0.25, 0.3) is 0 Å². The Morgan fingerprint density at radius 1 is 1.12 bits per heavy atom. The molecule has 1 aromatic carbocycles. The fourth-order valence-corrected chi connectivity index (χ4v) is 6.51. The van der Waals surface area contributed by atoms with Crippen LogP contribution in [0.2, 0.25) is 0 Å². The van der Waals surface area contributed by atoms with Gasteiger partial charge in [-0.15, -0.1) is 0 Å². The van der Waals surface area contributed by atoms with Gasteiger partial charge < -0.3 is 34.0 Å². The van der Waals surface area contributed by atoms with Crippen LogP contribution in [0.1, 0.15) is 18.2 Å². The summed E-state index contributed by atoms with van der Waals surface area (Å²) in [6.07, 6.45) is -1.26. The second-order valence-corrected chi connectivity index (χ2v) is 11.7. The van der Waals surface area contributed by atoms with Crippen LogP contribution in [0.4, 0.5) is 0 Å². The van der Waals surface area contributed by atoms with Gasteiger partial charge in [-0.25, -0.2) is 13.7 Å². The van der Waals surface area contributed by atoms with Crippen LogP contribution in [0.25, 0.3) is 10.8 Å². The molecule has 2 aromatic rings. The smallest absolute Gasteiger partial charge is 0.390 e. The van der Waals surface area contributed by atoms with E-state index in [9.17, 15) is 23.7 Å². The molecule has 1 saturated heterocycles. The van der Waals surface area contributed by atoms with Crippen molar-refractivity contribution in [3.05, 3.63) is 40.7 Å². The topological polar surface area (TPSA) is 194 Å². The number of aliphatic hydroxyl groups excluding tert-OH is 1. The van der Waals surface area contributed by atoms with Crippen molar-refractivity contribution in [2.45, 2.75) is 31.8 Å². The molecule has 2 unspecified atom stereocenters. The van der Waals surface area contributed by atoms with E-state index in [1.807, 2.05) is 31.2 Å². The van der Waals surface area contributed by atoms with E-state index in [1.54, 1.807) is 10.8 Å². The Hall–Kier alpha value is -0.820. The van der Waals surface area contributed by atoms with Gasteiger partial charge in [0.1, 0.15) is 17.0 Å². The molecule has 1 aliphatic rings. The molecule has 0 radical (unpaired) electrons. The maximum atomic E-state index is 11.8. The summed E-state index contributed by atoms with van der Waals surface area (Å²) in [7, 11) is -16.4. The first-order chi connectivity index (χ1) is 14.7. The summed E-state index contributed by atoms with van der Waals surface area (Å²) in [6.45, 7) is 1.20. The first-order valence-corrected chi connectivity index (χ1v) is 13.8. The van der Waals surface area contributed by atoms with Crippen LogP contribution in [-0.4, -0.2) is 48.1 Å². The van der Waals surface area contributed by atoms with Crippen LogP contribution in [0.3, 0.4) is 0 Å². The van der Waals surface area contributed by atoms with E-state index in [0.29, 0.717) is 4.64 Å². The van der Waals surface area contributed by atoms with Gasteiger partial charge in [-0.2, -0.15) is 8.62 Å². The maximum absolute atomic E-state index is 11.8. The van der Waals surface area contributed by atoms with Crippen molar-refractivity contribution in [3.8, 4) is 0 Å². The number of phosphoric acid groups is 3. The van der Waals surface area contributed by atoms with Gasteiger partial charge in [0.15, 0.2) is 0 Å². The van der Waals surface area contributed by atoms with Crippen molar-refractivity contribution in [1.82, 2.24) is 4.57 Å². The summed E-state index contributed by atoms with van der Waals surface area (Å²) in [6, 6.07) is 7.55. The minimum absolute atomic E-state index is 0.0656. The van der Waals surface area contributed by atoms with Crippen molar-refractivity contribution in [2.24, 2.45) is 0 Å². The number of hydrogen-bond donors (Lipinski definition) is 5. The highest BCUT2D eigenvalue weighted by Gasteiger charge is 2.42. The van der Waals surface area contributed by atoms with Gasteiger partial charge >= 0.3 is 23.5 Å². The number of aliphatic hydroxyl groups is 1. The highest BCUT2D eigenvalue weighted by Crippen LogP contribution is 2.66. The lowest BCUT2D eigenvalue weighted by Crippen LogP contribution is -2.26. The van der Waals surface area contributed by atoms with Gasteiger partial charge in [0.05, 0.1) is 12.7 Å². The molecule has 0 aliphatic carbocycles. The van der Waals surface area contributed by atoms with Gasteiger partial charge in [-0.3, -0.25) is 4.52 Å². The van der Waals surface area contributed by atoms with Gasteiger partial charge in [-0.1, -0.05) is 36.0 Å². The van der Waals surface area contributed by atoms with Crippen molar-refractivity contribution < 1.29 is 56.3 Å². The molecule has 1 aliphatic heterocycles. The quantitative estimate of drug-likeness (QED) is 0.247. The minimum Gasteiger partial charge on any atom is -0.390 e. The minimum atomic E-state index is -5.63. The number of rotatable bonds is 8. The normalized spacial score (nSPS) is 25.5. The average Bonchev–Trinajstić information content (AvgIpc) is 2.97. The molecule has 13 nitrogen and oxygen atoms in total. The predicted molar refractivity (Wildman–Crippen MR) is 112 cm³/mol. The van der Waals surface area contributed by atoms with Gasteiger partial charge in [-0.05, 0) is 18.4 Å². The molecular weight excluding hydrogens is 511 g/mol. The molecule has 5 N–H and O–H groups in total. The Bertz CT molecular complexity index is 1210. The number of aromatic nitrogens is 1. The van der Waals surface area contributed by atoms with Crippen molar-refractivity contribution in [3.63, 3.8) is 0 Å². The highest BCUT2D eigenvalue weighted by atomic mass is 32.1. The van der Waals surface area contributed by atoms with E-state index in [4.69, 9.17) is 31.6 Å². The van der Waals surface area contributed by atoms with Crippen LogP contribution in [0.5, 0.6) is 0 Å². The third-order valence-corrected chi connectivity index (χ3v) is 8.65. The summed E-state index contributed by atoms with van der Waals surface area (Å²) in [5, 5.41) is 12.0. The summed E-state index contributed by atoms with van der Waals surface area (Å²) in [4.78, 5) is 35.8. The zero-order valence-corrected chi connectivity index (χ0v) is 19.8. The van der Waals surface area contributed by atoms with Crippen LogP contribution in [0.15, 0.2) is 30.5 Å². The third-order valence-electron chi connectivity index (χ3n) is 4.42. The first-order valence-electron chi connectivity index (χ1n) is 8.89. The zero-order valence-electron chi connectivity index (χ0n) is 16.3. The lowest BCUT2D eigenvalue weighted by atomic mass is 10.1. The van der Waals surface area contributed by atoms with Crippen molar-refractivity contribution in [1.29, 1.82) is 0 Å². The Morgan fingerprint density at radius 3 is 2.47 bits per heavy atom. The standard InChI is InChI=1S/C15H20NO12P3S/c1-9-2-3-11-10(6-9)4-5-16(15(11)32)14-7-12(17)13(26-14)8-25-30(21,22)28-31(23,24)27-29(18,19)20/h2-6,12-14,17H,7-8H2,1H3,(H,21,22)(H,23,24)(H2,18,19,20)/t12-,13+,14+/m0/s1. The highest BCUT2D eigenvalue weighted by molar-refractivity contribution is 7.71. The monoisotopic (exact) mass is 531 g/mol. The number of nitrogens with zero attached hydrogens (tertiary/aromatic N) is 1. The number of aryl methyl sites for hydroxylation is 1. The SMILES string of the molecule is Cc1ccc2c(=S)n([C@H]3C[C@H](O)[C@@H](COP(=O)(O)OP(=O)(O)OP(=O)(O)O)O3)ccc2c1. The molecule has 3 rings (SSSR count). The summed E-state index contributed by atoms with van der Waals surface area (Å²) >= 11 is 5.51. The maximum Gasteiger partial charge on any atom is 0.490 e. The van der Waals surface area contributed by atoms with Crippen molar-refractivity contribution in [2.75, 3.05) is 6.61 Å². The van der Waals surface area contributed by atoms with E-state index in [-0.39, 0.29) is 6.42 Å². The average molecular weight is 531 g/mol. The Balaban J connectivity index is 1.67. The predicted octanol–water partition coefficient (Wildman–Crippen LogP) is 2.67. The molecule has 2 heterocycles. The van der Waals surface area contributed by atoms with E-state index in [2.05, 4.69) is 13.1 Å². The van der Waals surface area contributed by atoms with Crippen LogP contribution in [0, 0.1) is 11.6 Å². The molecule has 17 heteroatoms. The Labute approximate surface area is 186 Å². The number of hydrogen-bond acceptors (Lipinski definition) is 9. The largest absolute Gasteiger partial charge is 0.490 e. The molecule has 5 atom stereocenters. The fraction of sp³-hybridized carbons (Fsp3) is 0.400. The molecule has 0 amide bonds. The summed E-state index contributed by atoms with van der Waals surface area (Å²) in [5.74, 6) is 0. The zero-order chi connectivity index (χ0) is 23.9. The molecule has 0 saturated carbocycles. The lowest BCUT2D eigenvalue weighted by molar-refractivity contribution is -0.0438. The fourth-order valence-electron chi connectivity index (χ4n) is 3.12.